The second-order valence-corrected chi connectivity index (χ2v) is 8.24. The van der Waals surface area contributed by atoms with Crippen LogP contribution in [0.4, 0.5) is 11.4 Å². The number of fused-ring (bicyclic) bond motifs is 1. The highest BCUT2D eigenvalue weighted by Crippen LogP contribution is 2.48. The van der Waals surface area contributed by atoms with Crippen molar-refractivity contribution in [3.63, 3.8) is 0 Å². The van der Waals surface area contributed by atoms with Crippen molar-refractivity contribution >= 4 is 23.2 Å². The average Bonchev–Trinajstić information content (AvgIpc) is 3.31. The molecule has 6 heteroatoms. The zero-order valence-electron chi connectivity index (χ0n) is 18.2. The summed E-state index contributed by atoms with van der Waals surface area (Å²) in [7, 11) is 1.61. The lowest BCUT2D eigenvalue weighted by Crippen LogP contribution is -2.37. The third-order valence-corrected chi connectivity index (χ3v) is 6.15. The summed E-state index contributed by atoms with van der Waals surface area (Å²) in [4.78, 5) is 34.6. The molecule has 2 heterocycles. The van der Waals surface area contributed by atoms with Gasteiger partial charge in [0, 0.05) is 0 Å². The number of methoxy groups -OCH3 is 1. The Kier molecular flexibility index (Phi) is 4.94. The Morgan fingerprint density at radius 2 is 1.66 bits per heavy atom. The van der Waals surface area contributed by atoms with Gasteiger partial charge >= 0.3 is 0 Å². The molecule has 0 saturated carbocycles. The van der Waals surface area contributed by atoms with Gasteiger partial charge in [-0.05, 0) is 55.3 Å². The van der Waals surface area contributed by atoms with E-state index in [2.05, 4.69) is 0 Å². The highest BCUT2D eigenvalue weighted by atomic mass is 16.7. The summed E-state index contributed by atoms with van der Waals surface area (Å²) in [5, 5.41) is 1.69. The van der Waals surface area contributed by atoms with Crippen LogP contribution in [-0.4, -0.2) is 25.0 Å². The van der Waals surface area contributed by atoms with Gasteiger partial charge in [0.05, 0.1) is 24.5 Å². The number of benzene rings is 3. The Morgan fingerprint density at radius 1 is 0.875 bits per heavy atom. The summed E-state index contributed by atoms with van der Waals surface area (Å²) < 4.78 is 5.41. The van der Waals surface area contributed by atoms with Crippen LogP contribution in [0.2, 0.25) is 0 Å². The Balaban J connectivity index is 1.60. The molecule has 2 aliphatic heterocycles. The van der Waals surface area contributed by atoms with Gasteiger partial charge in [-0.1, -0.05) is 48.0 Å². The van der Waals surface area contributed by atoms with Crippen molar-refractivity contribution in [1.82, 2.24) is 0 Å². The zero-order chi connectivity index (χ0) is 22.4. The number of rotatable bonds is 4. The van der Waals surface area contributed by atoms with Gasteiger partial charge < -0.3 is 4.74 Å². The summed E-state index contributed by atoms with van der Waals surface area (Å²) in [6.45, 7) is 3.90. The number of hydroxylamine groups is 1. The van der Waals surface area contributed by atoms with Crippen LogP contribution in [-0.2, 0) is 14.4 Å². The van der Waals surface area contributed by atoms with Crippen LogP contribution in [0.1, 0.15) is 22.7 Å². The number of imide groups is 1. The fourth-order valence-electron chi connectivity index (χ4n) is 4.67. The van der Waals surface area contributed by atoms with Crippen molar-refractivity contribution in [2.45, 2.75) is 26.0 Å². The van der Waals surface area contributed by atoms with E-state index in [-0.39, 0.29) is 11.8 Å². The fourth-order valence-corrected chi connectivity index (χ4v) is 4.67. The quantitative estimate of drug-likeness (QED) is 0.578. The molecule has 3 atom stereocenters. The van der Waals surface area contributed by atoms with Gasteiger partial charge in [-0.25, -0.2) is 9.96 Å². The minimum absolute atomic E-state index is 0.252. The van der Waals surface area contributed by atoms with E-state index in [1.165, 1.54) is 4.90 Å². The molecule has 0 unspecified atom stereocenters. The molecule has 0 bridgehead atoms. The van der Waals surface area contributed by atoms with E-state index in [1.807, 2.05) is 86.6 Å². The van der Waals surface area contributed by atoms with E-state index in [1.54, 1.807) is 12.2 Å². The van der Waals surface area contributed by atoms with Crippen molar-refractivity contribution in [2.24, 2.45) is 5.92 Å². The first-order chi connectivity index (χ1) is 15.5. The van der Waals surface area contributed by atoms with E-state index in [0.29, 0.717) is 11.4 Å². The first-order valence-corrected chi connectivity index (χ1v) is 10.6. The highest BCUT2D eigenvalue weighted by molar-refractivity contribution is 6.24. The van der Waals surface area contributed by atoms with Crippen molar-refractivity contribution in [3.05, 3.63) is 89.5 Å². The van der Waals surface area contributed by atoms with Crippen molar-refractivity contribution in [2.75, 3.05) is 17.1 Å². The Hall–Kier alpha value is -3.64. The summed E-state index contributed by atoms with van der Waals surface area (Å²) in [6, 6.07) is 22.4. The summed E-state index contributed by atoms with van der Waals surface area (Å²) in [5.74, 6) is -0.575. The number of hydrogen-bond acceptors (Lipinski definition) is 5. The number of hydrogen-bond donors (Lipinski definition) is 0. The normalized spacial score (nSPS) is 22.4. The number of nitrogens with zero attached hydrogens (tertiary/aromatic N) is 2. The molecular formula is C26H24N2O4. The van der Waals surface area contributed by atoms with Crippen LogP contribution in [0.15, 0.2) is 72.8 Å². The average molecular weight is 428 g/mol. The zero-order valence-corrected chi connectivity index (χ0v) is 18.2. The molecule has 0 radical (unpaired) electrons. The number of carbonyl (C=O) groups excluding carboxylic acids is 2. The maximum Gasteiger partial charge on any atom is 0.266 e. The van der Waals surface area contributed by atoms with Gasteiger partial charge in [-0.3, -0.25) is 14.4 Å². The van der Waals surface area contributed by atoms with Crippen LogP contribution in [0.3, 0.4) is 0 Å². The van der Waals surface area contributed by atoms with Crippen LogP contribution in [0.5, 0.6) is 5.75 Å². The highest BCUT2D eigenvalue weighted by Gasteiger charge is 2.60. The van der Waals surface area contributed by atoms with Gasteiger partial charge in [0.1, 0.15) is 11.7 Å². The van der Waals surface area contributed by atoms with Gasteiger partial charge in [-0.2, -0.15) is 0 Å². The SMILES string of the molecule is COc1cccc([C@H]2[C@H]3C(=O)N(c4ccc(C)cc4C)C(=O)[C@@H]3ON2c2ccccc2)c1. The molecule has 2 fully saturated rings. The largest absolute Gasteiger partial charge is 0.497 e. The van der Waals surface area contributed by atoms with Crippen LogP contribution in [0, 0.1) is 19.8 Å². The molecule has 0 spiro atoms. The Morgan fingerprint density at radius 3 is 2.38 bits per heavy atom. The third-order valence-electron chi connectivity index (χ3n) is 6.15. The molecule has 32 heavy (non-hydrogen) atoms. The van der Waals surface area contributed by atoms with E-state index in [4.69, 9.17) is 9.57 Å². The van der Waals surface area contributed by atoms with Crippen LogP contribution in [0.25, 0.3) is 0 Å². The number of aryl methyl sites for hydroxylation is 2. The predicted molar refractivity (Wildman–Crippen MR) is 121 cm³/mol. The monoisotopic (exact) mass is 428 g/mol. The smallest absolute Gasteiger partial charge is 0.266 e. The molecule has 0 aliphatic carbocycles. The van der Waals surface area contributed by atoms with E-state index >= 15 is 0 Å². The van der Waals surface area contributed by atoms with Crippen molar-refractivity contribution < 1.29 is 19.2 Å². The first kappa shape index (κ1) is 20.3. The van der Waals surface area contributed by atoms with Gasteiger partial charge in [0.25, 0.3) is 5.91 Å². The number of para-hydroxylation sites is 1. The second-order valence-electron chi connectivity index (χ2n) is 8.24. The maximum absolute atomic E-state index is 13.7. The van der Waals surface area contributed by atoms with Crippen LogP contribution >= 0.6 is 0 Å². The van der Waals surface area contributed by atoms with Gasteiger partial charge in [0.15, 0.2) is 6.10 Å². The summed E-state index contributed by atoms with van der Waals surface area (Å²) in [5.41, 5.74) is 4.20. The van der Waals surface area contributed by atoms with Crippen molar-refractivity contribution in [3.8, 4) is 5.75 Å². The van der Waals surface area contributed by atoms with Gasteiger partial charge in [-0.15, -0.1) is 0 Å². The molecule has 3 aromatic carbocycles. The lowest BCUT2D eigenvalue weighted by Gasteiger charge is -2.29. The van der Waals surface area contributed by atoms with Gasteiger partial charge in [0.2, 0.25) is 5.91 Å². The topological polar surface area (TPSA) is 59.1 Å². The number of amides is 2. The molecule has 2 aliphatic rings. The molecule has 3 aromatic rings. The standard InChI is InChI=1S/C26H24N2O4/c1-16-12-13-21(17(2)14-16)27-25(29)22-23(18-8-7-11-20(15-18)31-3)28(32-24(22)26(27)30)19-9-5-4-6-10-19/h4-15,22-24H,1-3H3/t22-,23+,24-/m1/s1. The molecule has 162 valence electrons. The molecule has 5 rings (SSSR count). The maximum atomic E-state index is 13.7. The number of carbonyl (C=O) groups is 2. The lowest BCUT2D eigenvalue weighted by molar-refractivity contribution is -0.126. The van der Waals surface area contributed by atoms with E-state index in [0.717, 1.165) is 22.4 Å². The number of ether oxygens (including phenoxy) is 1. The molecule has 0 N–H and O–H groups in total. The molecule has 0 aromatic heterocycles. The molecule has 6 nitrogen and oxygen atoms in total. The van der Waals surface area contributed by atoms with E-state index < -0.39 is 18.1 Å². The second kappa shape index (κ2) is 7.80. The lowest BCUT2D eigenvalue weighted by atomic mass is 9.90. The minimum atomic E-state index is -0.889. The number of anilines is 2. The summed E-state index contributed by atoms with van der Waals surface area (Å²) >= 11 is 0. The Labute approximate surface area is 186 Å². The summed E-state index contributed by atoms with van der Waals surface area (Å²) in [6.07, 6.45) is -0.889. The van der Waals surface area contributed by atoms with E-state index in [9.17, 15) is 9.59 Å². The Bertz CT molecular complexity index is 1190. The van der Waals surface area contributed by atoms with Crippen LogP contribution < -0.4 is 14.7 Å². The first-order valence-electron chi connectivity index (χ1n) is 10.6. The molecule has 2 amide bonds. The molecule has 2 saturated heterocycles. The fraction of sp³-hybridized carbons (Fsp3) is 0.231. The molecular weight excluding hydrogens is 404 g/mol. The van der Waals surface area contributed by atoms with Crippen molar-refractivity contribution in [1.29, 1.82) is 0 Å². The minimum Gasteiger partial charge on any atom is -0.497 e. The third kappa shape index (κ3) is 3.15. The predicted octanol–water partition coefficient (Wildman–Crippen LogP) is 4.36.